The molecule has 11 atom stereocenters. The Bertz CT molecular complexity index is 1470. The molecule has 4 fully saturated rings. The molecular formula is C44H80N12O5. The van der Waals surface area contributed by atoms with Crippen molar-refractivity contribution in [2.24, 2.45) is 61.7 Å². The maximum Gasteiger partial charge on any atom is 0.407 e. The van der Waals surface area contributed by atoms with Crippen LogP contribution in [0.2, 0.25) is 0 Å². The van der Waals surface area contributed by atoms with Crippen LogP contribution in [0.1, 0.15) is 131 Å². The van der Waals surface area contributed by atoms with Crippen LogP contribution in [-0.2, 0) is 18.9 Å². The first-order valence-electron chi connectivity index (χ1n) is 23.6. The minimum atomic E-state index is -0.482. The maximum atomic E-state index is 11.8. The number of fused-ring (bicyclic) bond motifs is 5. The average molecular weight is 857 g/mol. The van der Waals surface area contributed by atoms with Crippen molar-refractivity contribution in [3.63, 3.8) is 0 Å². The topological polar surface area (TPSA) is 236 Å². The van der Waals surface area contributed by atoms with Crippen molar-refractivity contribution in [1.29, 1.82) is 0 Å². The van der Waals surface area contributed by atoms with Gasteiger partial charge in [0.15, 0.2) is 0 Å². The van der Waals surface area contributed by atoms with Gasteiger partial charge in [-0.1, -0.05) is 36.1 Å². The molecule has 0 aromatic carbocycles. The number of carbonyl (C=O) groups is 1. The molecule has 346 valence electrons. The summed E-state index contributed by atoms with van der Waals surface area (Å²) in [7, 11) is 0. The summed E-state index contributed by atoms with van der Waals surface area (Å²) in [6.07, 6.45) is 14.1. The number of azide groups is 3. The van der Waals surface area contributed by atoms with E-state index in [1.807, 2.05) is 20.8 Å². The summed E-state index contributed by atoms with van der Waals surface area (Å²) in [5.41, 5.74) is 26.2. The van der Waals surface area contributed by atoms with E-state index in [0.717, 1.165) is 96.8 Å². The molecule has 4 rings (SSSR count). The van der Waals surface area contributed by atoms with E-state index in [1.54, 1.807) is 0 Å². The quantitative estimate of drug-likeness (QED) is 0.0297. The van der Waals surface area contributed by atoms with Gasteiger partial charge in [0, 0.05) is 66.1 Å². The molecule has 0 aromatic rings. The van der Waals surface area contributed by atoms with Crippen molar-refractivity contribution in [3.8, 4) is 0 Å². The molecule has 4 aliphatic rings. The Balaban J connectivity index is 1.37. The van der Waals surface area contributed by atoms with Gasteiger partial charge in [0.1, 0.15) is 5.60 Å². The molecule has 17 nitrogen and oxygen atoms in total. The molecule has 17 heteroatoms. The Morgan fingerprint density at radius 1 is 0.738 bits per heavy atom. The highest BCUT2D eigenvalue weighted by atomic mass is 16.6. The molecule has 0 spiro atoms. The largest absolute Gasteiger partial charge is 0.444 e. The number of hydrogen-bond acceptors (Lipinski definition) is 10. The van der Waals surface area contributed by atoms with E-state index in [1.165, 1.54) is 19.3 Å². The van der Waals surface area contributed by atoms with E-state index in [0.29, 0.717) is 81.5 Å². The van der Waals surface area contributed by atoms with E-state index in [4.69, 9.17) is 35.5 Å². The molecule has 4 saturated carbocycles. The first kappa shape index (κ1) is 50.6. The van der Waals surface area contributed by atoms with Crippen LogP contribution in [0, 0.1) is 46.3 Å². The smallest absolute Gasteiger partial charge is 0.407 e. The van der Waals surface area contributed by atoms with Crippen molar-refractivity contribution < 1.29 is 23.7 Å². The third-order valence-corrected chi connectivity index (χ3v) is 14.8. The number of ether oxygens (including phenoxy) is 4. The summed E-state index contributed by atoms with van der Waals surface area (Å²) >= 11 is 0. The van der Waals surface area contributed by atoms with E-state index in [-0.39, 0.29) is 35.2 Å². The molecule has 0 saturated heterocycles. The van der Waals surface area contributed by atoms with Crippen LogP contribution in [0.25, 0.3) is 31.3 Å². The zero-order chi connectivity index (χ0) is 44.1. The zero-order valence-electron chi connectivity index (χ0n) is 38.4. The highest BCUT2D eigenvalue weighted by molar-refractivity contribution is 5.67. The van der Waals surface area contributed by atoms with Crippen LogP contribution in [0.3, 0.4) is 0 Å². The third kappa shape index (κ3) is 15.1. The summed E-state index contributed by atoms with van der Waals surface area (Å²) in [5.74, 6) is 2.94. The Kier molecular flexibility index (Phi) is 21.5. The molecular weight excluding hydrogens is 777 g/mol. The monoisotopic (exact) mass is 857 g/mol. The number of hydrogen-bond donors (Lipinski definition) is 3. The molecule has 1 amide bonds. The highest BCUT2D eigenvalue weighted by Gasteiger charge is 2.66. The predicted octanol–water partition coefficient (Wildman–Crippen LogP) is 10.0. The number of carbonyl (C=O) groups excluding carboxylic acids is 1. The molecule has 4 aliphatic carbocycles. The van der Waals surface area contributed by atoms with Crippen LogP contribution >= 0.6 is 0 Å². The SMILES string of the molecule is C[C@H](CCCNCCCNCCCNC(=O)OC(C)(C)C)C1CC[C@H]2[C@@H]3[C@H](OCCCN=[N+]=[N-])C[C@@H]4C[C@H](OCCCN=[N+]=[N-])CC[C@]4(C)[C@H]3C[C@H](OCCCN=[N+]=[N-])[C@]12C. The van der Waals surface area contributed by atoms with Crippen LogP contribution in [0.4, 0.5) is 4.79 Å². The third-order valence-electron chi connectivity index (χ3n) is 14.8. The Morgan fingerprint density at radius 2 is 1.33 bits per heavy atom. The van der Waals surface area contributed by atoms with Gasteiger partial charge >= 0.3 is 6.09 Å². The fraction of sp³-hybridized carbons (Fsp3) is 0.977. The van der Waals surface area contributed by atoms with Gasteiger partial charge in [0.25, 0.3) is 0 Å². The second kappa shape index (κ2) is 25.9. The van der Waals surface area contributed by atoms with Crippen molar-refractivity contribution >= 4 is 6.09 Å². The lowest BCUT2D eigenvalue weighted by atomic mass is 9.43. The fourth-order valence-electron chi connectivity index (χ4n) is 11.9. The summed E-state index contributed by atoms with van der Waals surface area (Å²) in [6, 6.07) is 0. The minimum Gasteiger partial charge on any atom is -0.444 e. The van der Waals surface area contributed by atoms with Gasteiger partial charge in [-0.3, -0.25) is 0 Å². The van der Waals surface area contributed by atoms with Crippen molar-refractivity contribution in [3.05, 3.63) is 31.3 Å². The van der Waals surface area contributed by atoms with Crippen LogP contribution in [0.5, 0.6) is 0 Å². The summed E-state index contributed by atoms with van der Waals surface area (Å²) in [6.45, 7) is 20.7. The molecule has 0 aromatic heterocycles. The van der Waals surface area contributed by atoms with Gasteiger partial charge in [0.2, 0.25) is 0 Å². The number of rotatable bonds is 28. The molecule has 1 unspecified atom stereocenters. The maximum absolute atomic E-state index is 11.8. The van der Waals surface area contributed by atoms with E-state index >= 15 is 0 Å². The minimum absolute atomic E-state index is 0.00271. The highest BCUT2D eigenvalue weighted by Crippen LogP contribution is 2.69. The molecule has 0 radical (unpaired) electrons. The van der Waals surface area contributed by atoms with Crippen molar-refractivity contribution in [2.75, 3.05) is 72.2 Å². The average Bonchev–Trinajstić information content (AvgIpc) is 3.58. The first-order valence-corrected chi connectivity index (χ1v) is 23.6. The van der Waals surface area contributed by atoms with Crippen LogP contribution in [0.15, 0.2) is 15.3 Å². The first-order chi connectivity index (χ1) is 29.4. The normalized spacial score (nSPS) is 31.0. The van der Waals surface area contributed by atoms with Crippen molar-refractivity contribution in [2.45, 2.75) is 155 Å². The van der Waals surface area contributed by atoms with Crippen LogP contribution in [-0.4, -0.2) is 102 Å². The molecule has 0 heterocycles. The molecule has 0 aliphatic heterocycles. The Labute approximate surface area is 365 Å². The second-order valence-corrected chi connectivity index (χ2v) is 19.7. The number of amides is 1. The van der Waals surface area contributed by atoms with Gasteiger partial charge in [-0.15, -0.1) is 0 Å². The lowest BCUT2D eigenvalue weighted by molar-refractivity contribution is -0.227. The number of alkyl carbamates (subject to hydrolysis) is 1. The van der Waals surface area contributed by atoms with Gasteiger partial charge in [0.05, 0.1) is 18.3 Å². The number of nitrogens with one attached hydrogen (secondary N) is 3. The van der Waals surface area contributed by atoms with Crippen molar-refractivity contribution in [1.82, 2.24) is 16.0 Å². The molecule has 3 N–H and O–H groups in total. The Hall–Kier alpha value is -3.00. The molecule has 61 heavy (non-hydrogen) atoms. The second-order valence-electron chi connectivity index (χ2n) is 19.7. The van der Waals surface area contributed by atoms with Gasteiger partial charge in [-0.25, -0.2) is 4.79 Å². The summed E-state index contributed by atoms with van der Waals surface area (Å²) < 4.78 is 25.7. The lowest BCUT2D eigenvalue weighted by Crippen LogP contribution is -2.63. The number of nitrogens with zero attached hydrogens (tertiary/aromatic N) is 9. The van der Waals surface area contributed by atoms with Gasteiger partial charge in [-0.05, 0) is 194 Å². The van der Waals surface area contributed by atoms with Gasteiger partial charge in [-0.2, -0.15) is 0 Å². The van der Waals surface area contributed by atoms with E-state index in [2.05, 4.69) is 66.8 Å². The van der Waals surface area contributed by atoms with Gasteiger partial charge < -0.3 is 34.9 Å². The summed E-state index contributed by atoms with van der Waals surface area (Å²) in [5, 5.41) is 21.2. The van der Waals surface area contributed by atoms with Crippen LogP contribution < -0.4 is 16.0 Å². The predicted molar refractivity (Wildman–Crippen MR) is 239 cm³/mol. The fourth-order valence-corrected chi connectivity index (χ4v) is 11.9. The van der Waals surface area contributed by atoms with E-state index in [9.17, 15) is 4.79 Å². The Morgan fingerprint density at radius 3 is 1.95 bits per heavy atom. The standard InChI is InChI=1S/C44H80N12O5/c1-32(13-7-18-48-19-8-20-49-21-9-22-50-41(57)61-42(2,3)4)35-14-15-36-40-37(31-39(44(35,36)6)60-28-12-25-53-56-47)43(5)17-16-34(58-26-10-23-51-54-45)29-33(43)30-38(40)59-27-11-24-52-55-46/h32-40,48-49H,7-31H2,1-6H3,(H,50,57)/t32-,33+,34-,35?,36+,37+,38-,39+,40+,43+,44-/m1/s1. The lowest BCUT2D eigenvalue weighted by Gasteiger charge is -2.65. The van der Waals surface area contributed by atoms with E-state index < -0.39 is 5.60 Å². The molecule has 0 bridgehead atoms. The summed E-state index contributed by atoms with van der Waals surface area (Å²) in [4.78, 5) is 20.6. The zero-order valence-corrected chi connectivity index (χ0v) is 38.4.